The minimum Gasteiger partial charge on any atom is -0.396 e. The van der Waals surface area contributed by atoms with E-state index in [0.717, 1.165) is 18.4 Å². The van der Waals surface area contributed by atoms with E-state index in [9.17, 15) is 0 Å². The Morgan fingerprint density at radius 2 is 2.00 bits per heavy atom. The van der Waals surface area contributed by atoms with Crippen LogP contribution in [0, 0.1) is 0 Å². The molecule has 0 radical (unpaired) electrons. The van der Waals surface area contributed by atoms with Gasteiger partial charge in [0.15, 0.2) is 0 Å². The third-order valence-corrected chi connectivity index (χ3v) is 1.24. The lowest BCUT2D eigenvalue weighted by molar-refractivity contribution is 0.288. The van der Waals surface area contributed by atoms with Crippen molar-refractivity contribution in [3.8, 4) is 0 Å². The van der Waals surface area contributed by atoms with Crippen molar-refractivity contribution in [1.29, 1.82) is 0 Å². The Hall–Kier alpha value is -0.960. The number of aromatic nitrogens is 2. The zero-order chi connectivity index (χ0) is 7.23. The summed E-state index contributed by atoms with van der Waals surface area (Å²) in [7, 11) is 0. The third-order valence-electron chi connectivity index (χ3n) is 1.24. The molecule has 54 valence electrons. The first-order chi connectivity index (χ1) is 4.93. The molecule has 0 saturated carbocycles. The van der Waals surface area contributed by atoms with Crippen LogP contribution in [-0.2, 0) is 6.42 Å². The molecule has 1 N–H and O–H groups in total. The summed E-state index contributed by atoms with van der Waals surface area (Å²) in [6.45, 7) is 0.231. The van der Waals surface area contributed by atoms with Crippen LogP contribution in [0.1, 0.15) is 12.0 Å². The molecule has 10 heavy (non-hydrogen) atoms. The molecule has 0 aliphatic rings. The van der Waals surface area contributed by atoms with Crippen LogP contribution >= 0.6 is 0 Å². The van der Waals surface area contributed by atoms with E-state index in [1.807, 2.05) is 0 Å². The summed E-state index contributed by atoms with van der Waals surface area (Å²) in [5.74, 6) is 0. The van der Waals surface area contributed by atoms with Crippen molar-refractivity contribution < 1.29 is 5.11 Å². The highest BCUT2D eigenvalue weighted by atomic mass is 16.2. The average molecular weight is 138 g/mol. The van der Waals surface area contributed by atoms with Gasteiger partial charge in [-0.3, -0.25) is 0 Å². The molecule has 1 rings (SSSR count). The maximum absolute atomic E-state index is 8.49. The number of nitrogens with zero attached hydrogens (tertiary/aromatic N) is 2. The van der Waals surface area contributed by atoms with E-state index in [0.29, 0.717) is 0 Å². The summed E-state index contributed by atoms with van der Waals surface area (Å²) in [5, 5.41) is 8.49. The van der Waals surface area contributed by atoms with E-state index in [2.05, 4.69) is 9.97 Å². The third kappa shape index (κ3) is 2.11. The quantitative estimate of drug-likeness (QED) is 0.657. The van der Waals surface area contributed by atoms with E-state index in [-0.39, 0.29) is 6.61 Å². The van der Waals surface area contributed by atoms with Crippen molar-refractivity contribution in [2.45, 2.75) is 12.8 Å². The molecule has 0 spiro atoms. The van der Waals surface area contributed by atoms with Crippen molar-refractivity contribution >= 4 is 0 Å². The first-order valence-corrected chi connectivity index (χ1v) is 3.28. The van der Waals surface area contributed by atoms with Crippen LogP contribution in [-0.4, -0.2) is 21.7 Å². The minimum atomic E-state index is 0.231. The van der Waals surface area contributed by atoms with E-state index in [4.69, 9.17) is 5.11 Å². The number of aliphatic hydroxyl groups is 1. The second-order valence-corrected chi connectivity index (χ2v) is 2.07. The molecular weight excluding hydrogens is 128 g/mol. The minimum absolute atomic E-state index is 0.231. The van der Waals surface area contributed by atoms with Crippen molar-refractivity contribution in [3.05, 3.63) is 24.3 Å². The van der Waals surface area contributed by atoms with Crippen LogP contribution in [0.2, 0.25) is 0 Å². The smallest absolute Gasteiger partial charge is 0.115 e. The van der Waals surface area contributed by atoms with Gasteiger partial charge >= 0.3 is 0 Å². The molecule has 3 nitrogen and oxygen atoms in total. The van der Waals surface area contributed by atoms with Crippen LogP contribution in [0.4, 0.5) is 0 Å². The van der Waals surface area contributed by atoms with Crippen LogP contribution in [0.5, 0.6) is 0 Å². The average Bonchev–Trinajstić information content (AvgIpc) is 2.03. The lowest BCUT2D eigenvalue weighted by Crippen LogP contribution is -1.90. The van der Waals surface area contributed by atoms with E-state index < -0.39 is 0 Å². The topological polar surface area (TPSA) is 46.0 Å². The maximum atomic E-state index is 8.49. The fourth-order valence-corrected chi connectivity index (χ4v) is 0.742. The van der Waals surface area contributed by atoms with Crippen molar-refractivity contribution in [3.63, 3.8) is 0 Å². The molecule has 1 aromatic rings. The van der Waals surface area contributed by atoms with Crippen molar-refractivity contribution in [1.82, 2.24) is 9.97 Å². The summed E-state index contributed by atoms with van der Waals surface area (Å²) in [6, 6.07) is 0. The maximum Gasteiger partial charge on any atom is 0.115 e. The molecule has 0 unspecified atom stereocenters. The van der Waals surface area contributed by atoms with Gasteiger partial charge in [0.25, 0.3) is 0 Å². The summed E-state index contributed by atoms with van der Waals surface area (Å²) >= 11 is 0. The van der Waals surface area contributed by atoms with Gasteiger partial charge in [-0.1, -0.05) is 0 Å². The fourth-order valence-electron chi connectivity index (χ4n) is 0.742. The Labute approximate surface area is 59.8 Å². The van der Waals surface area contributed by atoms with Crippen LogP contribution in [0.3, 0.4) is 0 Å². The molecular formula is C7H10N2O. The molecule has 0 aliphatic heterocycles. The SMILES string of the molecule is OCCCc1cncnc1. The van der Waals surface area contributed by atoms with Crippen molar-refractivity contribution in [2.75, 3.05) is 6.61 Å². The molecule has 0 bridgehead atoms. The summed E-state index contributed by atoms with van der Waals surface area (Å²) in [6.07, 6.45) is 6.68. The number of aliphatic hydroxyl groups excluding tert-OH is 1. The second kappa shape index (κ2) is 3.95. The monoisotopic (exact) mass is 138 g/mol. The molecule has 3 heteroatoms. The van der Waals surface area contributed by atoms with Crippen molar-refractivity contribution in [2.24, 2.45) is 0 Å². The highest BCUT2D eigenvalue weighted by molar-refractivity contribution is 5.01. The number of aryl methyl sites for hydroxylation is 1. The molecule has 0 aromatic carbocycles. The van der Waals surface area contributed by atoms with Gasteiger partial charge < -0.3 is 5.11 Å². The molecule has 0 fully saturated rings. The number of rotatable bonds is 3. The summed E-state index contributed by atoms with van der Waals surface area (Å²) in [4.78, 5) is 7.69. The van der Waals surface area contributed by atoms with Crippen LogP contribution in [0.15, 0.2) is 18.7 Å². The van der Waals surface area contributed by atoms with E-state index >= 15 is 0 Å². The van der Waals surface area contributed by atoms with Gasteiger partial charge in [-0.2, -0.15) is 0 Å². The lowest BCUT2D eigenvalue weighted by atomic mass is 10.2. The normalized spacial score (nSPS) is 9.70. The molecule has 0 aliphatic carbocycles. The van der Waals surface area contributed by atoms with Gasteiger partial charge in [-0.05, 0) is 18.4 Å². The summed E-state index contributed by atoms with van der Waals surface area (Å²) in [5.41, 5.74) is 1.08. The Bertz CT molecular complexity index is 176. The van der Waals surface area contributed by atoms with Gasteiger partial charge in [0.05, 0.1) is 0 Å². The number of hydrogen-bond donors (Lipinski definition) is 1. The standard InChI is InChI=1S/C7H10N2O/c10-3-1-2-7-4-8-6-9-5-7/h4-6,10H,1-3H2. The first kappa shape index (κ1) is 7.15. The van der Waals surface area contributed by atoms with Crippen LogP contribution in [0.25, 0.3) is 0 Å². The molecule has 1 aromatic heterocycles. The van der Waals surface area contributed by atoms with E-state index in [1.54, 1.807) is 12.4 Å². The zero-order valence-corrected chi connectivity index (χ0v) is 5.70. The fraction of sp³-hybridized carbons (Fsp3) is 0.429. The van der Waals surface area contributed by atoms with Gasteiger partial charge in [-0.15, -0.1) is 0 Å². The van der Waals surface area contributed by atoms with Crippen LogP contribution < -0.4 is 0 Å². The van der Waals surface area contributed by atoms with Gasteiger partial charge in [0, 0.05) is 19.0 Å². The highest BCUT2D eigenvalue weighted by Crippen LogP contribution is 1.96. The number of hydrogen-bond acceptors (Lipinski definition) is 3. The van der Waals surface area contributed by atoms with Gasteiger partial charge in [-0.25, -0.2) is 9.97 Å². The van der Waals surface area contributed by atoms with E-state index in [1.165, 1.54) is 6.33 Å². The molecule has 0 amide bonds. The second-order valence-electron chi connectivity index (χ2n) is 2.07. The molecule has 1 heterocycles. The Morgan fingerprint density at radius 3 is 2.60 bits per heavy atom. The highest BCUT2D eigenvalue weighted by Gasteiger charge is 1.89. The van der Waals surface area contributed by atoms with Gasteiger partial charge in [0.1, 0.15) is 6.33 Å². The zero-order valence-electron chi connectivity index (χ0n) is 5.70. The Kier molecular flexibility index (Phi) is 2.83. The largest absolute Gasteiger partial charge is 0.396 e. The first-order valence-electron chi connectivity index (χ1n) is 3.28. The Morgan fingerprint density at radius 1 is 1.30 bits per heavy atom. The summed E-state index contributed by atoms with van der Waals surface area (Å²) < 4.78 is 0. The molecule has 0 saturated heterocycles. The predicted molar refractivity (Wildman–Crippen MR) is 37.4 cm³/mol. The predicted octanol–water partition coefficient (Wildman–Crippen LogP) is 0.401. The molecule has 0 atom stereocenters. The van der Waals surface area contributed by atoms with Gasteiger partial charge in [0.2, 0.25) is 0 Å². The lowest BCUT2D eigenvalue weighted by Gasteiger charge is -1.94. The Balaban J connectivity index is 2.43.